The van der Waals surface area contributed by atoms with Crippen LogP contribution < -0.4 is 4.74 Å². The van der Waals surface area contributed by atoms with Gasteiger partial charge in [0.1, 0.15) is 5.75 Å². The molecule has 1 atom stereocenters. The highest BCUT2D eigenvalue weighted by Crippen LogP contribution is 2.34. The van der Waals surface area contributed by atoms with Crippen molar-refractivity contribution in [3.8, 4) is 11.8 Å². The maximum Gasteiger partial charge on any atom is 0.119 e. The smallest absolute Gasteiger partial charge is 0.119 e. The van der Waals surface area contributed by atoms with Crippen molar-refractivity contribution in [3.63, 3.8) is 0 Å². The van der Waals surface area contributed by atoms with Crippen molar-refractivity contribution in [1.29, 1.82) is 5.26 Å². The van der Waals surface area contributed by atoms with Crippen LogP contribution in [0.3, 0.4) is 0 Å². The monoisotopic (exact) mass is 251 g/mol. The number of hydrogen-bond acceptors (Lipinski definition) is 2. The highest BCUT2D eigenvalue weighted by Gasteiger charge is 2.31. The number of rotatable bonds is 6. The molecule has 0 spiro atoms. The van der Waals surface area contributed by atoms with E-state index < -0.39 is 5.41 Å². The van der Waals surface area contributed by atoms with Gasteiger partial charge < -0.3 is 4.74 Å². The fourth-order valence-corrected chi connectivity index (χ4v) is 2.42. The Kier molecular flexibility index (Phi) is 5.31. The van der Waals surface area contributed by atoms with Crippen LogP contribution >= 0.6 is 11.6 Å². The molecule has 0 aliphatic rings. The van der Waals surface area contributed by atoms with Gasteiger partial charge in [-0.25, -0.2) is 0 Å². The van der Waals surface area contributed by atoms with Crippen molar-refractivity contribution >= 4 is 11.6 Å². The summed E-state index contributed by atoms with van der Waals surface area (Å²) in [6, 6.07) is 10.2. The van der Waals surface area contributed by atoms with Gasteiger partial charge in [0.15, 0.2) is 0 Å². The fourth-order valence-electron chi connectivity index (χ4n) is 2.10. The van der Waals surface area contributed by atoms with Crippen LogP contribution in [0.15, 0.2) is 24.3 Å². The van der Waals surface area contributed by atoms with Crippen LogP contribution in [0.2, 0.25) is 0 Å². The molecule has 0 heterocycles. The Morgan fingerprint density at radius 1 is 1.41 bits per heavy atom. The first-order chi connectivity index (χ1) is 8.22. The summed E-state index contributed by atoms with van der Waals surface area (Å²) in [4.78, 5) is 0. The Morgan fingerprint density at radius 2 is 2.18 bits per heavy atom. The second-order valence-corrected chi connectivity index (χ2v) is 4.49. The minimum absolute atomic E-state index is 0.481. The highest BCUT2D eigenvalue weighted by molar-refractivity contribution is 6.17. The number of halogens is 1. The van der Waals surface area contributed by atoms with Crippen LogP contribution in [0.1, 0.15) is 31.7 Å². The standard InChI is InChI=1S/C14H18ClNO/c1-3-7-14(11-16,8-9-15)12-5-4-6-13(10-12)17-2/h4-6,10H,3,7-9H2,1-2H3/t14-/m1/s1. The topological polar surface area (TPSA) is 33.0 Å². The normalized spacial score (nSPS) is 13.8. The molecule has 0 unspecified atom stereocenters. The zero-order chi connectivity index (χ0) is 12.7. The quantitative estimate of drug-likeness (QED) is 0.719. The minimum Gasteiger partial charge on any atom is -0.497 e. The summed E-state index contributed by atoms with van der Waals surface area (Å²) in [6.45, 7) is 2.08. The van der Waals surface area contributed by atoms with Gasteiger partial charge in [-0.1, -0.05) is 25.5 Å². The summed E-state index contributed by atoms with van der Waals surface area (Å²) in [5.41, 5.74) is 0.521. The van der Waals surface area contributed by atoms with Crippen LogP contribution in [0.4, 0.5) is 0 Å². The molecule has 0 aliphatic carbocycles. The van der Waals surface area contributed by atoms with E-state index in [0.29, 0.717) is 12.3 Å². The third-order valence-electron chi connectivity index (χ3n) is 3.03. The first-order valence-corrected chi connectivity index (χ1v) is 6.37. The Hall–Kier alpha value is -1.20. The molecule has 1 rings (SSSR count). The average molecular weight is 252 g/mol. The van der Waals surface area contributed by atoms with Crippen LogP contribution in [0.25, 0.3) is 0 Å². The molecule has 0 aromatic heterocycles. The van der Waals surface area contributed by atoms with Crippen LogP contribution in [-0.4, -0.2) is 13.0 Å². The van der Waals surface area contributed by atoms with Crippen molar-refractivity contribution in [3.05, 3.63) is 29.8 Å². The number of methoxy groups -OCH3 is 1. The predicted molar refractivity (Wildman–Crippen MR) is 70.5 cm³/mol. The number of ether oxygens (including phenoxy) is 1. The van der Waals surface area contributed by atoms with Crippen molar-refractivity contribution < 1.29 is 4.74 Å². The van der Waals surface area contributed by atoms with Crippen LogP contribution in [-0.2, 0) is 5.41 Å². The van der Waals surface area contributed by atoms with Gasteiger partial charge in [0, 0.05) is 5.88 Å². The lowest BCUT2D eigenvalue weighted by atomic mass is 9.76. The van der Waals surface area contributed by atoms with Crippen molar-refractivity contribution in [2.45, 2.75) is 31.6 Å². The number of alkyl halides is 1. The summed E-state index contributed by atoms with van der Waals surface area (Å²) in [6.07, 6.45) is 2.46. The van der Waals surface area contributed by atoms with E-state index in [-0.39, 0.29) is 0 Å². The molecule has 0 amide bonds. The highest BCUT2D eigenvalue weighted by atomic mass is 35.5. The zero-order valence-corrected chi connectivity index (χ0v) is 11.1. The molecule has 0 aliphatic heterocycles. The number of nitriles is 1. The summed E-state index contributed by atoms with van der Waals surface area (Å²) in [5.74, 6) is 1.28. The first-order valence-electron chi connectivity index (χ1n) is 5.84. The fraction of sp³-hybridized carbons (Fsp3) is 0.500. The Balaban J connectivity index is 3.15. The SMILES string of the molecule is CCC[C@](C#N)(CCCl)c1cccc(OC)c1. The van der Waals surface area contributed by atoms with E-state index in [0.717, 1.165) is 24.2 Å². The molecule has 17 heavy (non-hydrogen) atoms. The molecule has 0 radical (unpaired) electrons. The molecule has 0 saturated carbocycles. The van der Waals surface area contributed by atoms with Crippen molar-refractivity contribution in [2.24, 2.45) is 0 Å². The van der Waals surface area contributed by atoms with E-state index in [1.54, 1.807) is 7.11 Å². The maximum absolute atomic E-state index is 9.51. The number of hydrogen-bond donors (Lipinski definition) is 0. The largest absolute Gasteiger partial charge is 0.497 e. The number of nitrogens with zero attached hydrogens (tertiary/aromatic N) is 1. The maximum atomic E-state index is 9.51. The first kappa shape index (κ1) is 13.9. The third-order valence-corrected chi connectivity index (χ3v) is 3.22. The molecule has 92 valence electrons. The van der Waals surface area contributed by atoms with Gasteiger partial charge in [-0.3, -0.25) is 0 Å². The second kappa shape index (κ2) is 6.51. The van der Waals surface area contributed by atoms with E-state index in [4.69, 9.17) is 16.3 Å². The van der Waals surface area contributed by atoms with E-state index in [1.807, 2.05) is 24.3 Å². The van der Waals surface area contributed by atoms with Gasteiger partial charge in [-0.15, -0.1) is 11.6 Å². The lowest BCUT2D eigenvalue weighted by Crippen LogP contribution is -2.24. The van der Waals surface area contributed by atoms with Gasteiger partial charge in [0.25, 0.3) is 0 Å². The Bertz CT molecular complexity index is 391. The van der Waals surface area contributed by atoms with Gasteiger partial charge in [0.2, 0.25) is 0 Å². The molecule has 0 saturated heterocycles. The summed E-state index contributed by atoms with van der Waals surface area (Å²) in [5, 5.41) is 9.51. The van der Waals surface area contributed by atoms with Gasteiger partial charge in [-0.05, 0) is 30.5 Å². The molecule has 2 nitrogen and oxygen atoms in total. The molecule has 0 N–H and O–H groups in total. The predicted octanol–water partition coefficient (Wildman–Crippen LogP) is 3.89. The minimum atomic E-state index is -0.481. The summed E-state index contributed by atoms with van der Waals surface area (Å²) < 4.78 is 5.21. The van der Waals surface area contributed by atoms with Crippen molar-refractivity contribution in [2.75, 3.05) is 13.0 Å². The van der Waals surface area contributed by atoms with E-state index in [9.17, 15) is 5.26 Å². The molecule has 1 aromatic carbocycles. The second-order valence-electron chi connectivity index (χ2n) is 4.11. The third kappa shape index (κ3) is 3.14. The number of benzene rings is 1. The summed E-state index contributed by atoms with van der Waals surface area (Å²) in [7, 11) is 1.63. The molecule has 0 fully saturated rings. The molecular weight excluding hydrogens is 234 g/mol. The van der Waals surface area contributed by atoms with Crippen LogP contribution in [0.5, 0.6) is 5.75 Å². The molecule has 0 bridgehead atoms. The average Bonchev–Trinajstić information content (AvgIpc) is 2.38. The van der Waals surface area contributed by atoms with Gasteiger partial charge in [-0.2, -0.15) is 5.26 Å². The van der Waals surface area contributed by atoms with E-state index in [2.05, 4.69) is 13.0 Å². The zero-order valence-electron chi connectivity index (χ0n) is 10.4. The molecule has 1 aromatic rings. The Morgan fingerprint density at radius 3 is 2.71 bits per heavy atom. The van der Waals surface area contributed by atoms with Crippen LogP contribution in [0, 0.1) is 11.3 Å². The lowest BCUT2D eigenvalue weighted by Gasteiger charge is -2.26. The molecular formula is C14H18ClNO. The van der Waals surface area contributed by atoms with Crippen molar-refractivity contribution in [1.82, 2.24) is 0 Å². The van der Waals surface area contributed by atoms with E-state index in [1.165, 1.54) is 0 Å². The van der Waals surface area contributed by atoms with Gasteiger partial charge >= 0.3 is 0 Å². The lowest BCUT2D eigenvalue weighted by molar-refractivity contribution is 0.410. The van der Waals surface area contributed by atoms with Gasteiger partial charge in [0.05, 0.1) is 18.6 Å². The Labute approximate surface area is 108 Å². The van der Waals surface area contributed by atoms with E-state index >= 15 is 0 Å². The molecule has 3 heteroatoms. The summed E-state index contributed by atoms with van der Waals surface area (Å²) >= 11 is 5.84.